The first-order valence-corrected chi connectivity index (χ1v) is 12.1. The summed E-state index contributed by atoms with van der Waals surface area (Å²) >= 11 is 0. The zero-order valence-corrected chi connectivity index (χ0v) is 19.6. The summed E-state index contributed by atoms with van der Waals surface area (Å²) in [7, 11) is 0. The Hall–Kier alpha value is -1.36. The molecular weight excluding hydrogens is 380 g/mol. The van der Waals surface area contributed by atoms with Gasteiger partial charge in [-0.1, -0.05) is 103 Å². The number of carbonyl (C=O) groups excluding carboxylic acids is 2. The van der Waals surface area contributed by atoms with Crippen LogP contribution in [0.4, 0.5) is 0 Å². The Morgan fingerprint density at radius 1 is 0.733 bits per heavy atom. The first-order chi connectivity index (χ1) is 14.5. The minimum atomic E-state index is -1.00. The second-order valence-electron chi connectivity index (χ2n) is 8.42. The smallest absolute Gasteiger partial charge is 0.333 e. The first-order valence-electron chi connectivity index (χ1n) is 12.1. The van der Waals surface area contributed by atoms with Crippen molar-refractivity contribution < 1.29 is 24.2 Å². The Morgan fingerprint density at radius 2 is 1.13 bits per heavy atom. The molecule has 0 heterocycles. The molecule has 5 heteroatoms. The van der Waals surface area contributed by atoms with Crippen molar-refractivity contribution in [2.24, 2.45) is 0 Å². The molecule has 0 spiro atoms. The van der Waals surface area contributed by atoms with E-state index >= 15 is 0 Å². The molecule has 0 rings (SSSR count). The molecule has 0 aromatic rings. The third kappa shape index (κ3) is 19.9. The molecule has 0 aliphatic carbocycles. The minimum Gasteiger partial charge on any atom is -0.463 e. The van der Waals surface area contributed by atoms with Crippen LogP contribution >= 0.6 is 0 Å². The first kappa shape index (κ1) is 28.6. The molecule has 1 atom stereocenters. The van der Waals surface area contributed by atoms with Crippen LogP contribution in [0, 0.1) is 0 Å². The third-order valence-electron chi connectivity index (χ3n) is 5.18. The number of carbonyl (C=O) groups is 2. The van der Waals surface area contributed by atoms with E-state index in [4.69, 9.17) is 9.47 Å². The van der Waals surface area contributed by atoms with Gasteiger partial charge in [-0.05, 0) is 13.3 Å². The molecule has 0 radical (unpaired) electrons. The van der Waals surface area contributed by atoms with Gasteiger partial charge in [0.25, 0.3) is 0 Å². The Labute approximate surface area is 184 Å². The number of hydrogen-bond donors (Lipinski definition) is 1. The standard InChI is InChI=1S/C25H46O5/c1-4-5-6-7-8-9-10-11-12-13-14-15-16-17-18-19-24(27)29-20-23(26)21-30-25(28)22(2)3/h23,26H,2,4-21H2,1,3H3. The number of rotatable bonds is 21. The fourth-order valence-electron chi connectivity index (χ4n) is 3.25. The van der Waals surface area contributed by atoms with E-state index in [0.717, 1.165) is 19.3 Å². The predicted molar refractivity (Wildman–Crippen MR) is 122 cm³/mol. The lowest BCUT2D eigenvalue weighted by molar-refractivity contribution is -0.150. The molecule has 0 aromatic carbocycles. The van der Waals surface area contributed by atoms with Gasteiger partial charge in [0, 0.05) is 12.0 Å². The molecule has 0 bridgehead atoms. The van der Waals surface area contributed by atoms with Gasteiger partial charge < -0.3 is 14.6 Å². The quantitative estimate of drug-likeness (QED) is 0.133. The summed E-state index contributed by atoms with van der Waals surface area (Å²) in [5.41, 5.74) is 0.271. The molecule has 0 saturated carbocycles. The van der Waals surface area contributed by atoms with Crippen LogP contribution in [-0.4, -0.2) is 36.4 Å². The normalized spacial score (nSPS) is 11.8. The number of hydrogen-bond acceptors (Lipinski definition) is 5. The van der Waals surface area contributed by atoms with E-state index in [1.807, 2.05) is 0 Å². The third-order valence-corrected chi connectivity index (χ3v) is 5.18. The van der Waals surface area contributed by atoms with Gasteiger partial charge in [0.1, 0.15) is 19.3 Å². The highest BCUT2D eigenvalue weighted by Gasteiger charge is 2.12. The van der Waals surface area contributed by atoms with Crippen LogP contribution < -0.4 is 0 Å². The number of unbranched alkanes of at least 4 members (excludes halogenated alkanes) is 14. The van der Waals surface area contributed by atoms with Crippen LogP contribution in [0.25, 0.3) is 0 Å². The molecule has 0 aromatic heterocycles. The van der Waals surface area contributed by atoms with Crippen LogP contribution in [0.2, 0.25) is 0 Å². The maximum atomic E-state index is 11.7. The van der Waals surface area contributed by atoms with E-state index in [-0.39, 0.29) is 24.8 Å². The monoisotopic (exact) mass is 426 g/mol. The van der Waals surface area contributed by atoms with Crippen molar-refractivity contribution in [2.45, 2.75) is 123 Å². The average Bonchev–Trinajstić information content (AvgIpc) is 2.73. The van der Waals surface area contributed by atoms with Crippen LogP contribution in [0.1, 0.15) is 117 Å². The van der Waals surface area contributed by atoms with E-state index in [1.54, 1.807) is 0 Å². The molecule has 30 heavy (non-hydrogen) atoms. The maximum Gasteiger partial charge on any atom is 0.333 e. The average molecular weight is 427 g/mol. The van der Waals surface area contributed by atoms with Crippen LogP contribution in [0.3, 0.4) is 0 Å². The number of aliphatic hydroxyl groups excluding tert-OH is 1. The Morgan fingerprint density at radius 3 is 1.57 bits per heavy atom. The fourth-order valence-corrected chi connectivity index (χ4v) is 3.25. The summed E-state index contributed by atoms with van der Waals surface area (Å²) < 4.78 is 9.82. The Bertz CT molecular complexity index is 447. The van der Waals surface area contributed by atoms with Gasteiger partial charge in [0.2, 0.25) is 0 Å². The lowest BCUT2D eigenvalue weighted by atomic mass is 10.0. The molecule has 176 valence electrons. The topological polar surface area (TPSA) is 72.8 Å². The van der Waals surface area contributed by atoms with Crippen LogP contribution in [0.15, 0.2) is 12.2 Å². The highest BCUT2D eigenvalue weighted by atomic mass is 16.6. The van der Waals surface area contributed by atoms with Gasteiger partial charge in [0.05, 0.1) is 0 Å². The summed E-state index contributed by atoms with van der Waals surface area (Å²) in [6, 6.07) is 0. The molecule has 5 nitrogen and oxygen atoms in total. The summed E-state index contributed by atoms with van der Waals surface area (Å²) in [6.45, 7) is 6.90. The summed E-state index contributed by atoms with van der Waals surface area (Å²) in [4.78, 5) is 22.9. The predicted octanol–water partition coefficient (Wildman–Crippen LogP) is 6.27. The lowest BCUT2D eigenvalue weighted by Gasteiger charge is -2.12. The number of esters is 2. The van der Waals surface area contributed by atoms with Gasteiger partial charge in [-0.25, -0.2) is 4.79 Å². The second kappa shape index (κ2) is 20.9. The van der Waals surface area contributed by atoms with E-state index in [9.17, 15) is 14.7 Å². The van der Waals surface area contributed by atoms with Crippen molar-refractivity contribution in [1.29, 1.82) is 0 Å². The van der Waals surface area contributed by atoms with E-state index in [1.165, 1.54) is 84.0 Å². The molecule has 0 amide bonds. The van der Waals surface area contributed by atoms with Gasteiger partial charge in [0.15, 0.2) is 0 Å². The van der Waals surface area contributed by atoms with Gasteiger partial charge in [-0.15, -0.1) is 0 Å². The van der Waals surface area contributed by atoms with Gasteiger partial charge in [-0.3, -0.25) is 4.79 Å². The molecule has 0 saturated heterocycles. The lowest BCUT2D eigenvalue weighted by Crippen LogP contribution is -2.25. The van der Waals surface area contributed by atoms with Gasteiger partial charge in [-0.2, -0.15) is 0 Å². The maximum absolute atomic E-state index is 11.7. The summed E-state index contributed by atoms with van der Waals surface area (Å²) in [5, 5.41) is 9.65. The molecule has 1 unspecified atom stereocenters. The van der Waals surface area contributed by atoms with Crippen molar-refractivity contribution >= 4 is 11.9 Å². The zero-order chi connectivity index (χ0) is 22.5. The molecule has 0 fully saturated rings. The minimum absolute atomic E-state index is 0.152. The highest BCUT2D eigenvalue weighted by molar-refractivity contribution is 5.86. The van der Waals surface area contributed by atoms with E-state index in [2.05, 4.69) is 13.5 Å². The summed E-state index contributed by atoms with van der Waals surface area (Å²) in [5.74, 6) is -0.867. The largest absolute Gasteiger partial charge is 0.463 e. The molecule has 0 aliphatic rings. The number of ether oxygens (including phenoxy) is 2. The van der Waals surface area contributed by atoms with E-state index in [0.29, 0.717) is 6.42 Å². The summed E-state index contributed by atoms with van der Waals surface area (Å²) in [6.07, 6.45) is 18.7. The van der Waals surface area contributed by atoms with Crippen molar-refractivity contribution in [3.63, 3.8) is 0 Å². The Kier molecular flexibility index (Phi) is 19.9. The molecular formula is C25H46O5. The second-order valence-corrected chi connectivity index (χ2v) is 8.42. The SMILES string of the molecule is C=C(C)C(=O)OCC(O)COC(=O)CCCCCCCCCCCCCCCCC. The zero-order valence-electron chi connectivity index (χ0n) is 19.6. The Balaban J connectivity index is 3.33. The molecule has 1 N–H and O–H groups in total. The van der Waals surface area contributed by atoms with Crippen LogP contribution in [-0.2, 0) is 19.1 Å². The van der Waals surface area contributed by atoms with Crippen molar-refractivity contribution in [3.05, 3.63) is 12.2 Å². The van der Waals surface area contributed by atoms with Crippen molar-refractivity contribution in [2.75, 3.05) is 13.2 Å². The van der Waals surface area contributed by atoms with E-state index < -0.39 is 12.1 Å². The number of aliphatic hydroxyl groups is 1. The van der Waals surface area contributed by atoms with Crippen molar-refractivity contribution in [1.82, 2.24) is 0 Å². The fraction of sp³-hybridized carbons (Fsp3) is 0.840. The van der Waals surface area contributed by atoms with Gasteiger partial charge >= 0.3 is 11.9 Å². The van der Waals surface area contributed by atoms with Crippen molar-refractivity contribution in [3.8, 4) is 0 Å². The van der Waals surface area contributed by atoms with Crippen LogP contribution in [0.5, 0.6) is 0 Å². The molecule has 0 aliphatic heterocycles. The highest BCUT2D eigenvalue weighted by Crippen LogP contribution is 2.13.